The monoisotopic (exact) mass is 446 g/mol. The van der Waals surface area contributed by atoms with Crippen molar-refractivity contribution in [3.63, 3.8) is 0 Å². The van der Waals surface area contributed by atoms with Crippen LogP contribution in [0.2, 0.25) is 13.1 Å². The summed E-state index contributed by atoms with van der Waals surface area (Å²) in [6, 6.07) is 18.1. The first-order valence-corrected chi connectivity index (χ1v) is 15.1. The Morgan fingerprint density at radius 3 is 2.23 bits per heavy atom. The Labute approximate surface area is 187 Å². The number of thiophene rings is 2. The van der Waals surface area contributed by atoms with Gasteiger partial charge in [-0.25, -0.2) is 0 Å². The van der Waals surface area contributed by atoms with E-state index in [0.29, 0.717) is 12.1 Å². The Hall–Kier alpha value is -2.14. The van der Waals surface area contributed by atoms with Crippen molar-refractivity contribution in [2.24, 2.45) is 0 Å². The predicted octanol–water partition coefficient (Wildman–Crippen LogP) is 7.41. The fourth-order valence-corrected chi connectivity index (χ4v) is 11.1. The van der Waals surface area contributed by atoms with Crippen LogP contribution in [-0.2, 0) is 0 Å². The van der Waals surface area contributed by atoms with E-state index in [2.05, 4.69) is 82.1 Å². The summed E-state index contributed by atoms with van der Waals surface area (Å²) in [5, 5.41) is 3.84. The molecule has 0 fully saturated rings. The molecule has 5 rings (SSSR count). The van der Waals surface area contributed by atoms with Crippen LogP contribution in [0, 0.1) is 13.8 Å². The second kappa shape index (κ2) is 7.22. The van der Waals surface area contributed by atoms with E-state index in [-0.39, 0.29) is 0 Å². The first-order valence-electron chi connectivity index (χ1n) is 10.4. The van der Waals surface area contributed by atoms with Crippen molar-refractivity contribution < 1.29 is 4.74 Å². The normalized spacial score (nSPS) is 13.5. The molecule has 0 spiro atoms. The zero-order chi connectivity index (χ0) is 21.0. The average Bonchev–Trinajstić information content (AvgIpc) is 3.34. The van der Waals surface area contributed by atoms with Crippen LogP contribution in [0.25, 0.3) is 20.5 Å². The number of benzene rings is 2. The standard InChI is InChI=1S/C26H26OS2Si/c1-6-13-27-23-19-10-8-7-9-18(19)11-12-22(23)30(4,5)26-20-14-16(2)28-24(20)25-21(26)15-17(3)29-25/h6-12,14-15,26H,1,13H2,2-5H3. The average molecular weight is 447 g/mol. The molecule has 0 saturated heterocycles. The van der Waals surface area contributed by atoms with Gasteiger partial charge in [-0.1, -0.05) is 62.1 Å². The maximum absolute atomic E-state index is 6.35. The summed E-state index contributed by atoms with van der Waals surface area (Å²) in [5.41, 5.74) is 3.54. The number of ether oxygens (including phenoxy) is 1. The summed E-state index contributed by atoms with van der Waals surface area (Å²) < 4.78 is 6.35. The number of rotatable bonds is 5. The van der Waals surface area contributed by atoms with Gasteiger partial charge in [0.15, 0.2) is 0 Å². The number of hydrogen-bond donors (Lipinski definition) is 0. The molecule has 2 aromatic heterocycles. The molecule has 0 radical (unpaired) electrons. The Kier molecular flexibility index (Phi) is 4.77. The van der Waals surface area contributed by atoms with Gasteiger partial charge in [0.05, 0.1) is 8.07 Å². The Balaban J connectivity index is 1.74. The first kappa shape index (κ1) is 19.8. The fourth-order valence-electron chi connectivity index (χ4n) is 5.00. The van der Waals surface area contributed by atoms with Crippen LogP contribution in [-0.4, -0.2) is 14.7 Å². The minimum absolute atomic E-state index is 0.463. The smallest absolute Gasteiger partial charge is 0.126 e. The molecule has 2 aromatic carbocycles. The molecule has 4 heteroatoms. The molecule has 0 N–H and O–H groups in total. The largest absolute Gasteiger partial charge is 0.489 e. The van der Waals surface area contributed by atoms with E-state index in [1.807, 2.05) is 28.7 Å². The molecule has 1 aliphatic rings. The summed E-state index contributed by atoms with van der Waals surface area (Å²) in [5.74, 6) is 1.05. The van der Waals surface area contributed by atoms with E-state index in [0.717, 1.165) is 5.75 Å². The molecule has 30 heavy (non-hydrogen) atoms. The predicted molar refractivity (Wildman–Crippen MR) is 136 cm³/mol. The van der Waals surface area contributed by atoms with Crippen LogP contribution >= 0.6 is 22.7 Å². The molecule has 1 nitrogen and oxygen atoms in total. The van der Waals surface area contributed by atoms with Crippen molar-refractivity contribution in [2.45, 2.75) is 32.5 Å². The van der Waals surface area contributed by atoms with Crippen LogP contribution in [0.3, 0.4) is 0 Å². The molecular weight excluding hydrogens is 421 g/mol. The SMILES string of the molecule is C=CCOc1c([Si](C)(C)C2c3cc(C)sc3-c3sc(C)cc32)ccc2ccccc12. The van der Waals surface area contributed by atoms with Crippen LogP contribution in [0.15, 0.2) is 61.2 Å². The molecule has 0 amide bonds. The highest BCUT2D eigenvalue weighted by molar-refractivity contribution is 7.23. The zero-order valence-electron chi connectivity index (χ0n) is 17.9. The van der Waals surface area contributed by atoms with Gasteiger partial charge < -0.3 is 4.74 Å². The van der Waals surface area contributed by atoms with Gasteiger partial charge in [-0.15, -0.1) is 22.7 Å². The van der Waals surface area contributed by atoms with E-state index >= 15 is 0 Å². The number of fused-ring (bicyclic) bond motifs is 4. The summed E-state index contributed by atoms with van der Waals surface area (Å²) in [6.07, 6.45) is 1.84. The van der Waals surface area contributed by atoms with Crippen LogP contribution in [0.1, 0.15) is 26.4 Å². The lowest BCUT2D eigenvalue weighted by Gasteiger charge is -2.33. The molecule has 4 aromatic rings. The minimum Gasteiger partial charge on any atom is -0.489 e. The minimum atomic E-state index is -1.98. The maximum Gasteiger partial charge on any atom is 0.126 e. The van der Waals surface area contributed by atoms with E-state index in [4.69, 9.17) is 4.74 Å². The van der Waals surface area contributed by atoms with E-state index in [1.165, 1.54) is 35.5 Å². The topological polar surface area (TPSA) is 9.23 Å². The third kappa shape index (κ3) is 2.93. The molecule has 1 aliphatic carbocycles. The summed E-state index contributed by atoms with van der Waals surface area (Å²) in [6.45, 7) is 13.9. The van der Waals surface area contributed by atoms with Gasteiger partial charge in [0.2, 0.25) is 0 Å². The highest BCUT2D eigenvalue weighted by Crippen LogP contribution is 2.55. The lowest BCUT2D eigenvalue weighted by molar-refractivity contribution is 0.370. The van der Waals surface area contributed by atoms with Crippen molar-refractivity contribution in [2.75, 3.05) is 6.61 Å². The van der Waals surface area contributed by atoms with Crippen molar-refractivity contribution in [1.82, 2.24) is 0 Å². The van der Waals surface area contributed by atoms with E-state index < -0.39 is 8.07 Å². The molecular formula is C26H26OS2Si. The molecule has 0 unspecified atom stereocenters. The van der Waals surface area contributed by atoms with Crippen molar-refractivity contribution in [3.8, 4) is 15.5 Å². The summed E-state index contributed by atoms with van der Waals surface area (Å²) >= 11 is 3.91. The van der Waals surface area contributed by atoms with E-state index in [9.17, 15) is 0 Å². The van der Waals surface area contributed by atoms with Crippen molar-refractivity contribution >= 4 is 46.7 Å². The van der Waals surface area contributed by atoms with Crippen LogP contribution in [0.5, 0.6) is 5.75 Å². The van der Waals surface area contributed by atoms with Gasteiger partial charge in [0, 0.05) is 30.4 Å². The Morgan fingerprint density at radius 2 is 1.60 bits per heavy atom. The molecule has 0 saturated carbocycles. The molecule has 0 bridgehead atoms. The molecule has 152 valence electrons. The van der Waals surface area contributed by atoms with Crippen molar-refractivity contribution in [3.05, 3.63) is 82.1 Å². The Bertz CT molecular complexity index is 1230. The molecule has 0 aliphatic heterocycles. The fraction of sp³-hybridized carbons (Fsp3) is 0.231. The summed E-state index contributed by atoms with van der Waals surface area (Å²) in [7, 11) is -1.98. The zero-order valence-corrected chi connectivity index (χ0v) is 20.5. The lowest BCUT2D eigenvalue weighted by Crippen LogP contribution is -2.48. The first-order chi connectivity index (χ1) is 14.4. The highest BCUT2D eigenvalue weighted by Gasteiger charge is 2.45. The highest BCUT2D eigenvalue weighted by atomic mass is 32.1. The van der Waals surface area contributed by atoms with Gasteiger partial charge >= 0.3 is 0 Å². The van der Waals surface area contributed by atoms with Crippen LogP contribution in [0.4, 0.5) is 0 Å². The second-order valence-corrected chi connectivity index (χ2v) is 15.8. The van der Waals surface area contributed by atoms with Crippen molar-refractivity contribution in [1.29, 1.82) is 0 Å². The van der Waals surface area contributed by atoms with Gasteiger partial charge in [-0.3, -0.25) is 0 Å². The third-order valence-corrected chi connectivity index (χ3v) is 12.4. The van der Waals surface area contributed by atoms with Gasteiger partial charge in [-0.05, 0) is 47.7 Å². The van der Waals surface area contributed by atoms with Gasteiger partial charge in [0.25, 0.3) is 0 Å². The summed E-state index contributed by atoms with van der Waals surface area (Å²) in [4.78, 5) is 5.82. The van der Waals surface area contributed by atoms with Crippen LogP contribution < -0.4 is 9.92 Å². The quantitative estimate of drug-likeness (QED) is 0.229. The molecule has 2 heterocycles. The Morgan fingerprint density at radius 1 is 0.967 bits per heavy atom. The second-order valence-electron chi connectivity index (χ2n) is 8.70. The number of aryl methyl sites for hydroxylation is 2. The van der Waals surface area contributed by atoms with Gasteiger partial charge in [0.1, 0.15) is 12.4 Å². The molecule has 0 atom stereocenters. The lowest BCUT2D eigenvalue weighted by atomic mass is 10.1. The number of hydrogen-bond acceptors (Lipinski definition) is 3. The van der Waals surface area contributed by atoms with E-state index in [1.54, 1.807) is 11.1 Å². The third-order valence-electron chi connectivity index (χ3n) is 6.24. The maximum atomic E-state index is 6.35. The van der Waals surface area contributed by atoms with Gasteiger partial charge in [-0.2, -0.15) is 0 Å².